The molecule has 8 aromatic carbocycles. The van der Waals surface area contributed by atoms with E-state index in [1.54, 1.807) is 0 Å². The Morgan fingerprint density at radius 3 is 0.583 bits per heavy atom. The van der Waals surface area contributed by atoms with E-state index in [2.05, 4.69) is 158 Å². The molecule has 170 valence electrons. The zero-order chi connectivity index (χ0) is 24.2. The summed E-state index contributed by atoms with van der Waals surface area (Å²) < 4.78 is 0. The molecule has 0 aliphatic heterocycles. The highest BCUT2D eigenvalue weighted by atomic mass is 14.1. The number of fused-ring (bicyclic) bond motifs is 2. The molecule has 0 aliphatic carbocycles. The number of hydrogen-bond acceptors (Lipinski definition) is 0. The van der Waals surface area contributed by atoms with Crippen molar-refractivity contribution in [2.24, 2.45) is 0 Å². The summed E-state index contributed by atoms with van der Waals surface area (Å²) >= 11 is 0. The van der Waals surface area contributed by atoms with Crippen LogP contribution in [0.1, 0.15) is 0 Å². The smallest absolute Gasteiger partial charge is 0.00268 e. The van der Waals surface area contributed by atoms with Gasteiger partial charge >= 0.3 is 0 Å². The lowest BCUT2D eigenvalue weighted by Gasteiger charge is -2.09. The van der Waals surface area contributed by atoms with Gasteiger partial charge in [-0.1, -0.05) is 158 Å². The van der Waals surface area contributed by atoms with Crippen molar-refractivity contribution in [2.45, 2.75) is 0 Å². The van der Waals surface area contributed by atoms with Gasteiger partial charge in [-0.3, -0.25) is 0 Å². The minimum atomic E-state index is 1.31. The zero-order valence-corrected chi connectivity index (χ0v) is 20.0. The van der Waals surface area contributed by atoms with Crippen molar-refractivity contribution in [1.82, 2.24) is 0 Å². The van der Waals surface area contributed by atoms with Crippen LogP contribution in [-0.4, -0.2) is 0 Å². The number of benzene rings is 8. The Labute approximate surface area is 211 Å². The van der Waals surface area contributed by atoms with Crippen LogP contribution in [0, 0.1) is 0 Å². The van der Waals surface area contributed by atoms with Crippen LogP contribution < -0.4 is 0 Å². The summed E-state index contributed by atoms with van der Waals surface area (Å²) in [6.07, 6.45) is 0. The van der Waals surface area contributed by atoms with Crippen LogP contribution in [0.2, 0.25) is 0 Å². The molecule has 0 atom stereocenters. The van der Waals surface area contributed by atoms with Crippen molar-refractivity contribution in [2.75, 3.05) is 0 Å². The van der Waals surface area contributed by atoms with Crippen molar-refractivity contribution >= 4 is 53.9 Å². The Kier molecular flexibility index (Phi) is 6.00. The standard InChI is InChI=1S/C16H10.2C10H8/c1-3-11-7-9-13-5-2-6-14-10-8-12(4-1)15(11)16(13)14;2*1-2-6-10-8-4-3-7-9(10)5-1/h1-10H;2*1-8H. The molecule has 0 heterocycles. The van der Waals surface area contributed by atoms with Crippen molar-refractivity contribution in [3.05, 3.63) is 158 Å². The molecule has 0 aromatic heterocycles. The molecule has 0 amide bonds. The lowest BCUT2D eigenvalue weighted by molar-refractivity contribution is 1.75. The second-order valence-corrected chi connectivity index (χ2v) is 8.98. The van der Waals surface area contributed by atoms with Gasteiger partial charge in [-0.15, -0.1) is 0 Å². The average molecular weight is 459 g/mol. The Bertz CT molecular complexity index is 1560. The zero-order valence-electron chi connectivity index (χ0n) is 20.0. The summed E-state index contributed by atoms with van der Waals surface area (Å²) in [6, 6.07) is 55.3. The fourth-order valence-electron chi connectivity index (χ4n) is 4.94. The van der Waals surface area contributed by atoms with E-state index < -0.39 is 0 Å². The van der Waals surface area contributed by atoms with Gasteiger partial charge in [0.15, 0.2) is 0 Å². The molecule has 0 saturated heterocycles. The topological polar surface area (TPSA) is 0 Å². The molecule has 0 radical (unpaired) electrons. The normalized spacial score (nSPS) is 10.8. The molecule has 0 unspecified atom stereocenters. The average Bonchev–Trinajstić information content (AvgIpc) is 2.97. The van der Waals surface area contributed by atoms with E-state index in [9.17, 15) is 0 Å². The van der Waals surface area contributed by atoms with E-state index >= 15 is 0 Å². The molecule has 0 fully saturated rings. The third kappa shape index (κ3) is 4.37. The lowest BCUT2D eigenvalue weighted by Crippen LogP contribution is -1.82. The van der Waals surface area contributed by atoms with Gasteiger partial charge in [0, 0.05) is 0 Å². The maximum absolute atomic E-state index is 2.21. The monoisotopic (exact) mass is 458 g/mol. The minimum Gasteiger partial charge on any atom is -0.0616 e. The maximum atomic E-state index is 2.21. The Morgan fingerprint density at radius 1 is 0.167 bits per heavy atom. The van der Waals surface area contributed by atoms with E-state index in [0.29, 0.717) is 0 Å². The third-order valence-electron chi connectivity index (χ3n) is 6.71. The van der Waals surface area contributed by atoms with E-state index in [0.717, 1.165) is 0 Å². The highest BCUT2D eigenvalue weighted by molar-refractivity contribution is 6.22. The van der Waals surface area contributed by atoms with Crippen LogP contribution in [0.15, 0.2) is 158 Å². The van der Waals surface area contributed by atoms with Crippen LogP contribution in [0.4, 0.5) is 0 Å². The molecule has 8 rings (SSSR count). The summed E-state index contributed by atoms with van der Waals surface area (Å²) in [5, 5.41) is 13.4. The quantitative estimate of drug-likeness (QED) is 0.198. The Hall–Kier alpha value is -4.68. The number of hydrogen-bond donors (Lipinski definition) is 0. The van der Waals surface area contributed by atoms with E-state index in [-0.39, 0.29) is 0 Å². The van der Waals surface area contributed by atoms with Crippen molar-refractivity contribution in [3.63, 3.8) is 0 Å². The molecular formula is C36H26. The molecule has 0 heteroatoms. The molecule has 0 N–H and O–H groups in total. The molecule has 8 aromatic rings. The van der Waals surface area contributed by atoms with Gasteiger partial charge in [0.05, 0.1) is 0 Å². The molecule has 0 saturated carbocycles. The molecule has 0 spiro atoms. The second-order valence-electron chi connectivity index (χ2n) is 8.98. The van der Waals surface area contributed by atoms with E-state index in [4.69, 9.17) is 0 Å². The molecule has 0 bridgehead atoms. The first-order valence-electron chi connectivity index (χ1n) is 12.4. The summed E-state index contributed by atoms with van der Waals surface area (Å²) in [5.74, 6) is 0. The second kappa shape index (κ2) is 9.90. The van der Waals surface area contributed by atoms with Gasteiger partial charge < -0.3 is 0 Å². The minimum absolute atomic E-state index is 1.31. The number of rotatable bonds is 0. The highest BCUT2D eigenvalue weighted by Gasteiger charge is 2.06. The Balaban J connectivity index is 0.000000105. The van der Waals surface area contributed by atoms with Crippen LogP contribution in [0.3, 0.4) is 0 Å². The first-order valence-corrected chi connectivity index (χ1v) is 12.4. The van der Waals surface area contributed by atoms with E-state index in [1.165, 1.54) is 53.9 Å². The van der Waals surface area contributed by atoms with Gasteiger partial charge in [0.25, 0.3) is 0 Å². The van der Waals surface area contributed by atoms with Gasteiger partial charge in [-0.05, 0) is 53.9 Å². The van der Waals surface area contributed by atoms with Crippen molar-refractivity contribution in [1.29, 1.82) is 0 Å². The van der Waals surface area contributed by atoms with Gasteiger partial charge in [-0.25, -0.2) is 0 Å². The molecule has 0 aliphatic rings. The molecule has 0 nitrogen and oxygen atoms in total. The van der Waals surface area contributed by atoms with Gasteiger partial charge in [-0.2, -0.15) is 0 Å². The summed E-state index contributed by atoms with van der Waals surface area (Å²) in [6.45, 7) is 0. The van der Waals surface area contributed by atoms with Crippen LogP contribution in [0.25, 0.3) is 53.9 Å². The fraction of sp³-hybridized carbons (Fsp3) is 0. The molecule has 36 heavy (non-hydrogen) atoms. The predicted octanol–water partition coefficient (Wildman–Crippen LogP) is 10.3. The largest absolute Gasteiger partial charge is 0.0616 e. The maximum Gasteiger partial charge on any atom is -0.00268 e. The lowest BCUT2D eigenvalue weighted by atomic mass is 9.95. The first kappa shape index (κ1) is 21.8. The van der Waals surface area contributed by atoms with Crippen LogP contribution in [0.5, 0.6) is 0 Å². The molecular weight excluding hydrogens is 432 g/mol. The summed E-state index contributed by atoms with van der Waals surface area (Å²) in [4.78, 5) is 0. The van der Waals surface area contributed by atoms with Gasteiger partial charge in [0.1, 0.15) is 0 Å². The summed E-state index contributed by atoms with van der Waals surface area (Å²) in [7, 11) is 0. The SMILES string of the molecule is c1cc2ccc3cccc4ccc(c1)c2c34.c1ccc2ccccc2c1.c1ccc2ccccc2c1. The van der Waals surface area contributed by atoms with E-state index in [1.807, 2.05) is 0 Å². The third-order valence-corrected chi connectivity index (χ3v) is 6.71. The van der Waals surface area contributed by atoms with Crippen LogP contribution in [-0.2, 0) is 0 Å². The Morgan fingerprint density at radius 2 is 0.361 bits per heavy atom. The predicted molar refractivity (Wildman–Crippen MR) is 158 cm³/mol. The van der Waals surface area contributed by atoms with Crippen molar-refractivity contribution in [3.8, 4) is 0 Å². The highest BCUT2D eigenvalue weighted by Crippen LogP contribution is 2.33. The summed E-state index contributed by atoms with van der Waals surface area (Å²) in [5.41, 5.74) is 0. The van der Waals surface area contributed by atoms with Crippen molar-refractivity contribution < 1.29 is 0 Å². The van der Waals surface area contributed by atoms with Gasteiger partial charge in [0.2, 0.25) is 0 Å². The fourth-order valence-corrected chi connectivity index (χ4v) is 4.94. The van der Waals surface area contributed by atoms with Crippen LogP contribution >= 0.6 is 0 Å². The first-order chi connectivity index (χ1) is 17.9.